The molecule has 1 aromatic carbocycles. The summed E-state index contributed by atoms with van der Waals surface area (Å²) < 4.78 is 39.5. The molecule has 0 N–H and O–H groups in total. The van der Waals surface area contributed by atoms with Gasteiger partial charge >= 0.3 is 6.18 Å². The van der Waals surface area contributed by atoms with Crippen LogP contribution in [-0.4, -0.2) is 46.0 Å². The summed E-state index contributed by atoms with van der Waals surface area (Å²) in [6, 6.07) is 5.32. The van der Waals surface area contributed by atoms with Crippen molar-refractivity contribution in [3.63, 3.8) is 0 Å². The molecular formula is C17H16Cl2F3N3OS3. The van der Waals surface area contributed by atoms with Gasteiger partial charge in [-0.05, 0) is 30.5 Å². The van der Waals surface area contributed by atoms with Crippen molar-refractivity contribution in [3.8, 4) is 0 Å². The number of carbonyl (C=O) groups is 1. The van der Waals surface area contributed by atoms with Gasteiger partial charge in [0.05, 0.1) is 11.7 Å². The second kappa shape index (κ2) is 10.1. The zero-order valence-electron chi connectivity index (χ0n) is 14.9. The van der Waals surface area contributed by atoms with Crippen LogP contribution in [-0.2, 0) is 10.5 Å². The van der Waals surface area contributed by atoms with E-state index >= 15 is 0 Å². The molecule has 29 heavy (non-hydrogen) atoms. The predicted octanol–water partition coefficient (Wildman–Crippen LogP) is 6.03. The van der Waals surface area contributed by atoms with E-state index in [9.17, 15) is 18.0 Å². The van der Waals surface area contributed by atoms with Crippen molar-refractivity contribution in [2.75, 3.05) is 18.8 Å². The average molecular weight is 502 g/mol. The SMILES string of the molecule is O=C(CSc1nnc(SCc2c(Cl)cccc2Cl)s1)N1CCC(C(F)(F)F)CC1. The third kappa shape index (κ3) is 6.40. The number of nitrogens with zero attached hydrogens (tertiary/aromatic N) is 3. The number of piperidine rings is 1. The quantitative estimate of drug-likeness (QED) is 0.452. The van der Waals surface area contributed by atoms with E-state index in [4.69, 9.17) is 23.2 Å². The Morgan fingerprint density at radius 3 is 2.31 bits per heavy atom. The number of carbonyl (C=O) groups excluding carboxylic acids is 1. The summed E-state index contributed by atoms with van der Waals surface area (Å²) in [7, 11) is 0. The molecule has 1 aliphatic rings. The minimum absolute atomic E-state index is 0.0376. The van der Waals surface area contributed by atoms with Gasteiger partial charge in [-0.2, -0.15) is 13.2 Å². The van der Waals surface area contributed by atoms with Crippen LogP contribution in [0.4, 0.5) is 13.2 Å². The molecule has 2 aromatic rings. The van der Waals surface area contributed by atoms with Crippen LogP contribution in [0.5, 0.6) is 0 Å². The van der Waals surface area contributed by atoms with E-state index in [2.05, 4.69) is 10.2 Å². The van der Waals surface area contributed by atoms with Crippen LogP contribution in [0.15, 0.2) is 26.9 Å². The van der Waals surface area contributed by atoms with Gasteiger partial charge in [0.15, 0.2) is 8.68 Å². The number of amides is 1. The van der Waals surface area contributed by atoms with E-state index < -0.39 is 12.1 Å². The van der Waals surface area contributed by atoms with E-state index in [1.165, 1.54) is 39.8 Å². The van der Waals surface area contributed by atoms with Crippen LogP contribution < -0.4 is 0 Å². The first kappa shape index (κ1) is 23.0. The number of benzene rings is 1. The molecule has 2 heterocycles. The van der Waals surface area contributed by atoms with E-state index in [1.54, 1.807) is 18.2 Å². The maximum absolute atomic E-state index is 12.7. The summed E-state index contributed by atoms with van der Waals surface area (Å²) in [5.74, 6) is -0.812. The highest BCUT2D eigenvalue weighted by atomic mass is 35.5. The average Bonchev–Trinajstić information content (AvgIpc) is 3.13. The van der Waals surface area contributed by atoms with Gasteiger partial charge in [-0.1, -0.05) is 64.1 Å². The third-order valence-electron chi connectivity index (χ3n) is 4.42. The number of aromatic nitrogens is 2. The highest BCUT2D eigenvalue weighted by Gasteiger charge is 2.41. The summed E-state index contributed by atoms with van der Waals surface area (Å²) in [5.41, 5.74) is 0.822. The number of likely N-dealkylation sites (tertiary alicyclic amines) is 1. The van der Waals surface area contributed by atoms with E-state index in [-0.39, 0.29) is 37.6 Å². The first-order valence-electron chi connectivity index (χ1n) is 8.60. The summed E-state index contributed by atoms with van der Waals surface area (Å²) >= 11 is 16.4. The second-order valence-electron chi connectivity index (χ2n) is 6.31. The van der Waals surface area contributed by atoms with Gasteiger partial charge in [-0.25, -0.2) is 0 Å². The minimum Gasteiger partial charge on any atom is -0.342 e. The standard InChI is InChI=1S/C17H16Cl2F3N3OS3/c18-12-2-1-3-13(19)11(12)8-27-15-23-24-16(29-15)28-9-14(26)25-6-4-10(5-7-25)17(20,21)22/h1-3,10H,4-9H2. The van der Waals surface area contributed by atoms with Gasteiger partial charge in [-0.3, -0.25) is 4.79 Å². The van der Waals surface area contributed by atoms with Crippen molar-refractivity contribution in [2.24, 2.45) is 5.92 Å². The molecule has 0 spiro atoms. The summed E-state index contributed by atoms with van der Waals surface area (Å²) in [5, 5.41) is 9.33. The molecule has 0 bridgehead atoms. The lowest BCUT2D eigenvalue weighted by Gasteiger charge is -2.32. The van der Waals surface area contributed by atoms with Gasteiger partial charge in [0.25, 0.3) is 0 Å². The Morgan fingerprint density at radius 2 is 1.72 bits per heavy atom. The van der Waals surface area contributed by atoms with Crippen LogP contribution in [0.25, 0.3) is 0 Å². The number of hydrogen-bond acceptors (Lipinski definition) is 6. The molecule has 1 amide bonds. The van der Waals surface area contributed by atoms with E-state index in [1.807, 2.05) is 0 Å². The highest BCUT2D eigenvalue weighted by Crippen LogP contribution is 2.36. The summed E-state index contributed by atoms with van der Waals surface area (Å²) in [6.07, 6.45) is -4.26. The molecular weight excluding hydrogens is 486 g/mol. The number of thioether (sulfide) groups is 2. The number of alkyl halides is 3. The normalized spacial score (nSPS) is 15.7. The number of rotatable bonds is 6. The number of halogens is 5. The van der Waals surface area contributed by atoms with Crippen LogP contribution in [0.2, 0.25) is 10.0 Å². The summed E-state index contributed by atoms with van der Waals surface area (Å²) in [6.45, 7) is 0.277. The topological polar surface area (TPSA) is 46.1 Å². The van der Waals surface area contributed by atoms with Gasteiger partial charge in [-0.15, -0.1) is 10.2 Å². The Kier molecular flexibility index (Phi) is 8.00. The second-order valence-corrected chi connectivity index (χ2v) is 10.5. The van der Waals surface area contributed by atoms with Crippen molar-refractivity contribution in [1.29, 1.82) is 0 Å². The van der Waals surface area contributed by atoms with Crippen LogP contribution in [0.1, 0.15) is 18.4 Å². The molecule has 1 aliphatic heterocycles. The molecule has 4 nitrogen and oxygen atoms in total. The van der Waals surface area contributed by atoms with Crippen LogP contribution in [0, 0.1) is 5.92 Å². The van der Waals surface area contributed by atoms with Crippen LogP contribution in [0.3, 0.4) is 0 Å². The maximum Gasteiger partial charge on any atom is 0.391 e. The predicted molar refractivity (Wildman–Crippen MR) is 112 cm³/mol. The number of hydrogen-bond donors (Lipinski definition) is 0. The molecule has 12 heteroatoms. The third-order valence-corrected chi connectivity index (χ3v) is 8.33. The molecule has 0 saturated carbocycles. The van der Waals surface area contributed by atoms with Crippen molar-refractivity contribution < 1.29 is 18.0 Å². The zero-order chi connectivity index (χ0) is 21.0. The van der Waals surface area contributed by atoms with Crippen molar-refractivity contribution >= 4 is 64.0 Å². The molecule has 0 atom stereocenters. The molecule has 1 saturated heterocycles. The lowest BCUT2D eigenvalue weighted by Crippen LogP contribution is -2.42. The van der Waals surface area contributed by atoms with Crippen LogP contribution >= 0.6 is 58.1 Å². The Labute approximate surface area is 188 Å². The van der Waals surface area contributed by atoms with E-state index in [0.29, 0.717) is 20.1 Å². The molecule has 1 fully saturated rings. The Bertz CT molecular complexity index is 838. The Morgan fingerprint density at radius 1 is 1.14 bits per heavy atom. The molecule has 0 unspecified atom stereocenters. The van der Waals surface area contributed by atoms with E-state index in [0.717, 1.165) is 9.90 Å². The monoisotopic (exact) mass is 501 g/mol. The Hall–Kier alpha value is -0.680. The van der Waals surface area contributed by atoms with Gasteiger partial charge < -0.3 is 4.90 Å². The lowest BCUT2D eigenvalue weighted by atomic mass is 9.96. The summed E-state index contributed by atoms with van der Waals surface area (Å²) in [4.78, 5) is 13.8. The van der Waals surface area contributed by atoms with Gasteiger partial charge in [0, 0.05) is 28.9 Å². The molecule has 158 valence electrons. The molecule has 0 radical (unpaired) electrons. The molecule has 1 aromatic heterocycles. The van der Waals surface area contributed by atoms with Crippen molar-refractivity contribution in [2.45, 2.75) is 33.5 Å². The fraction of sp³-hybridized carbons (Fsp3) is 0.471. The minimum atomic E-state index is -4.18. The fourth-order valence-electron chi connectivity index (χ4n) is 2.79. The smallest absolute Gasteiger partial charge is 0.342 e. The van der Waals surface area contributed by atoms with Gasteiger partial charge in [0.1, 0.15) is 0 Å². The maximum atomic E-state index is 12.7. The highest BCUT2D eigenvalue weighted by molar-refractivity contribution is 8.03. The first-order chi connectivity index (χ1) is 13.7. The van der Waals surface area contributed by atoms with Crippen molar-refractivity contribution in [1.82, 2.24) is 15.1 Å². The van der Waals surface area contributed by atoms with Gasteiger partial charge in [0.2, 0.25) is 5.91 Å². The largest absolute Gasteiger partial charge is 0.391 e. The van der Waals surface area contributed by atoms with Crippen molar-refractivity contribution in [3.05, 3.63) is 33.8 Å². The Balaban J connectivity index is 1.45. The molecule has 3 rings (SSSR count). The molecule has 0 aliphatic carbocycles. The fourth-order valence-corrected chi connectivity index (χ4v) is 6.45. The first-order valence-corrected chi connectivity index (χ1v) is 12.1. The zero-order valence-corrected chi connectivity index (χ0v) is 18.9. The lowest BCUT2D eigenvalue weighted by molar-refractivity contribution is -0.186.